The van der Waals surface area contributed by atoms with Crippen molar-refractivity contribution in [3.05, 3.63) is 48.6 Å². The molecule has 3 heterocycles. The molecule has 0 bridgehead atoms. The molecular weight excluding hydrogens is 684 g/mol. The van der Waals surface area contributed by atoms with E-state index in [9.17, 15) is 24.0 Å². The molecule has 3 aliphatic heterocycles. The summed E-state index contributed by atoms with van der Waals surface area (Å²) < 4.78 is 28.6. The first-order chi connectivity index (χ1) is 25.3. The minimum atomic E-state index is -1.30. The van der Waals surface area contributed by atoms with Crippen molar-refractivity contribution in [3.8, 4) is 11.5 Å². The van der Waals surface area contributed by atoms with Crippen molar-refractivity contribution >= 4 is 30.0 Å². The van der Waals surface area contributed by atoms with E-state index in [1.807, 2.05) is 18.2 Å². The lowest BCUT2D eigenvalue weighted by molar-refractivity contribution is -0.150. The zero-order chi connectivity index (χ0) is 38.3. The quantitative estimate of drug-likeness (QED) is 0.116. The summed E-state index contributed by atoms with van der Waals surface area (Å²) >= 11 is 0. The zero-order valence-corrected chi connectivity index (χ0v) is 31.4. The molecule has 4 amide bonds. The van der Waals surface area contributed by atoms with Crippen LogP contribution in [0.1, 0.15) is 90.2 Å². The predicted octanol–water partition coefficient (Wildman–Crippen LogP) is 4.92. The van der Waals surface area contributed by atoms with Gasteiger partial charge in [0.15, 0.2) is 11.5 Å². The van der Waals surface area contributed by atoms with E-state index >= 15 is 0 Å². The van der Waals surface area contributed by atoms with E-state index in [1.165, 1.54) is 4.90 Å². The minimum Gasteiger partial charge on any atom is -0.490 e. The molecule has 0 aromatic heterocycles. The summed E-state index contributed by atoms with van der Waals surface area (Å²) in [4.78, 5) is 71.0. The number of rotatable bonds is 14. The number of ether oxygens (including phenoxy) is 5. The number of nitrogens with one attached hydrogen (secondary N) is 2. The maximum Gasteiger partial charge on any atom is 0.410 e. The molecule has 2 N–H and O–H groups in total. The number of allylic oxidation sites excluding steroid dienone is 1. The number of fused-ring (bicyclic) bond motifs is 3. The van der Waals surface area contributed by atoms with Gasteiger partial charge in [-0.2, -0.15) is 0 Å². The molecule has 1 aliphatic carbocycles. The summed E-state index contributed by atoms with van der Waals surface area (Å²) in [6.07, 6.45) is 5.61. The third-order valence-electron chi connectivity index (χ3n) is 9.87. The van der Waals surface area contributed by atoms with Gasteiger partial charge >= 0.3 is 18.2 Å². The van der Waals surface area contributed by atoms with Crippen LogP contribution in [0.2, 0.25) is 0 Å². The molecular formula is C39H54N4O10. The van der Waals surface area contributed by atoms with Gasteiger partial charge in [0.1, 0.15) is 29.3 Å². The van der Waals surface area contributed by atoms with Gasteiger partial charge in [-0.1, -0.05) is 31.1 Å². The molecule has 5 rings (SSSR count). The lowest BCUT2D eigenvalue weighted by Crippen LogP contribution is -2.56. The van der Waals surface area contributed by atoms with Crippen molar-refractivity contribution in [2.75, 3.05) is 26.4 Å². The Hall–Kier alpha value is -4.75. The fourth-order valence-corrected chi connectivity index (χ4v) is 7.12. The van der Waals surface area contributed by atoms with Gasteiger partial charge in [0, 0.05) is 30.9 Å². The number of carbonyl (C=O) groups is 5. The summed E-state index contributed by atoms with van der Waals surface area (Å²) in [7, 11) is 0. The van der Waals surface area contributed by atoms with E-state index in [0.29, 0.717) is 44.1 Å². The van der Waals surface area contributed by atoms with Crippen molar-refractivity contribution in [1.29, 1.82) is 0 Å². The van der Waals surface area contributed by atoms with Crippen LogP contribution in [0.15, 0.2) is 37.4 Å². The van der Waals surface area contributed by atoms with Gasteiger partial charge in [-0.3, -0.25) is 14.5 Å². The first-order valence-electron chi connectivity index (χ1n) is 18.7. The molecule has 0 spiro atoms. The van der Waals surface area contributed by atoms with Gasteiger partial charge in [-0.15, -0.1) is 13.2 Å². The van der Waals surface area contributed by atoms with Gasteiger partial charge in [0.2, 0.25) is 11.8 Å². The van der Waals surface area contributed by atoms with E-state index < -0.39 is 59.3 Å². The first-order valence-corrected chi connectivity index (χ1v) is 18.7. The highest BCUT2D eigenvalue weighted by Crippen LogP contribution is 2.46. The summed E-state index contributed by atoms with van der Waals surface area (Å²) in [6.45, 7) is 16.0. The highest BCUT2D eigenvalue weighted by atomic mass is 16.6. The molecule has 53 heavy (non-hydrogen) atoms. The van der Waals surface area contributed by atoms with E-state index in [4.69, 9.17) is 23.7 Å². The molecule has 1 saturated heterocycles. The van der Waals surface area contributed by atoms with E-state index in [-0.39, 0.29) is 38.5 Å². The number of benzene rings is 1. The molecule has 1 saturated carbocycles. The highest BCUT2D eigenvalue weighted by molar-refractivity contribution is 5.96. The largest absolute Gasteiger partial charge is 0.490 e. The molecule has 2 fully saturated rings. The topological polar surface area (TPSA) is 162 Å². The molecule has 1 aromatic rings. The lowest BCUT2D eigenvalue weighted by atomic mass is 10.0. The number of hydrogen-bond donors (Lipinski definition) is 2. The number of likely N-dealkylation sites (tertiary alicyclic amines) is 1. The number of amides is 4. The lowest BCUT2D eigenvalue weighted by Gasteiger charge is -2.30. The van der Waals surface area contributed by atoms with Crippen LogP contribution in [0.3, 0.4) is 0 Å². The molecule has 5 atom stereocenters. The van der Waals surface area contributed by atoms with Crippen LogP contribution in [0.25, 0.3) is 0 Å². The van der Waals surface area contributed by atoms with E-state index in [0.717, 1.165) is 36.8 Å². The second-order valence-electron chi connectivity index (χ2n) is 15.0. The second-order valence-corrected chi connectivity index (χ2v) is 15.0. The van der Waals surface area contributed by atoms with Crippen LogP contribution in [0, 0.1) is 5.92 Å². The third-order valence-corrected chi connectivity index (χ3v) is 9.87. The highest BCUT2D eigenvalue weighted by Gasteiger charge is 2.62. The minimum absolute atomic E-state index is 0.0212. The maximum absolute atomic E-state index is 14.4. The Morgan fingerprint density at radius 1 is 1.08 bits per heavy atom. The van der Waals surface area contributed by atoms with Gasteiger partial charge < -0.3 is 39.2 Å². The van der Waals surface area contributed by atoms with Crippen molar-refractivity contribution in [2.45, 2.75) is 121 Å². The van der Waals surface area contributed by atoms with E-state index in [2.05, 4.69) is 23.8 Å². The molecule has 14 heteroatoms. The van der Waals surface area contributed by atoms with Gasteiger partial charge in [-0.25, -0.2) is 14.4 Å². The normalized spacial score (nSPS) is 23.5. The number of unbranched alkanes of at least 4 members (excludes halogenated alkanes) is 3. The van der Waals surface area contributed by atoms with Crippen molar-refractivity contribution in [2.24, 2.45) is 5.92 Å². The van der Waals surface area contributed by atoms with Gasteiger partial charge in [-0.05, 0) is 65.0 Å². The third kappa shape index (κ3) is 9.44. The monoisotopic (exact) mass is 738 g/mol. The summed E-state index contributed by atoms with van der Waals surface area (Å²) in [5.41, 5.74) is -0.335. The Bertz CT molecular complexity index is 1570. The first kappa shape index (κ1) is 39.5. The molecule has 14 nitrogen and oxygen atoms in total. The summed E-state index contributed by atoms with van der Waals surface area (Å²) in [5, 5.41) is 5.58. The molecule has 0 radical (unpaired) electrons. The van der Waals surface area contributed by atoms with Crippen LogP contribution < -0.4 is 20.1 Å². The Morgan fingerprint density at radius 3 is 2.55 bits per heavy atom. The van der Waals surface area contributed by atoms with Crippen LogP contribution >= 0.6 is 0 Å². The van der Waals surface area contributed by atoms with Crippen molar-refractivity contribution in [1.82, 2.24) is 20.4 Å². The van der Waals surface area contributed by atoms with Crippen LogP contribution in [-0.2, 0) is 41.7 Å². The Morgan fingerprint density at radius 2 is 1.85 bits per heavy atom. The average molecular weight is 739 g/mol. The van der Waals surface area contributed by atoms with Crippen LogP contribution in [0.4, 0.5) is 9.59 Å². The number of esters is 1. The molecule has 1 aromatic carbocycles. The molecule has 4 aliphatic rings. The molecule has 290 valence electrons. The predicted molar refractivity (Wildman–Crippen MR) is 194 cm³/mol. The Kier molecular flexibility index (Phi) is 12.6. The van der Waals surface area contributed by atoms with Crippen LogP contribution in [-0.4, -0.2) is 95.5 Å². The van der Waals surface area contributed by atoms with Crippen molar-refractivity contribution in [3.63, 3.8) is 0 Å². The van der Waals surface area contributed by atoms with E-state index in [1.54, 1.807) is 38.7 Å². The standard InChI is InChI=1S/C39H54N4O10/c1-7-10-11-12-13-15-29(40-36(47)53-38(4,5)6)34(45)43-23-27(20-30(43)33(44)41-39(21-26(39)8-2)35(46)49-9-3)52-37(48)42-22-25-16-17-31-32(28(25)24-42)51-19-14-18-50-31/h7-8,16-17,26-27,29-30H,1-2,9-15,18-24H2,3-6H3,(H,40,47)(H,41,44)/t26-,27-,29+,30+,39-/m1/s1. The number of nitrogens with zero attached hydrogens (tertiary/aromatic N) is 2. The summed E-state index contributed by atoms with van der Waals surface area (Å²) in [6, 6.07) is 1.62. The maximum atomic E-state index is 14.4. The van der Waals surface area contributed by atoms with Crippen molar-refractivity contribution < 1.29 is 47.7 Å². The average Bonchev–Trinajstić information content (AvgIpc) is 3.51. The van der Waals surface area contributed by atoms with Crippen LogP contribution in [0.5, 0.6) is 11.5 Å². The second kappa shape index (κ2) is 16.9. The SMILES string of the molecule is C=CCCCCC[C@H](NC(=O)OC(C)(C)C)C(=O)N1C[C@H](OC(=O)N2Cc3ccc4c(c3C2)OCCCO4)C[C@H]1C(=O)N[C@]1(C(=O)OCC)C[C@H]1C=C. The fourth-order valence-electron chi connectivity index (χ4n) is 7.12. The molecule has 0 unspecified atom stereocenters. The summed E-state index contributed by atoms with van der Waals surface area (Å²) in [5.74, 6) is -0.769. The zero-order valence-electron chi connectivity index (χ0n) is 31.4. The smallest absolute Gasteiger partial charge is 0.410 e. The number of hydrogen-bond acceptors (Lipinski definition) is 10. The van der Waals surface area contributed by atoms with Gasteiger partial charge in [0.05, 0.1) is 32.9 Å². The Balaban J connectivity index is 1.35. The van der Waals surface area contributed by atoms with Gasteiger partial charge in [0.25, 0.3) is 0 Å². The number of carbonyl (C=O) groups excluding carboxylic acids is 5. The fraction of sp³-hybridized carbons (Fsp3) is 0.615. The Labute approximate surface area is 311 Å². The number of alkyl carbamates (subject to hydrolysis) is 1.